The summed E-state index contributed by atoms with van der Waals surface area (Å²) in [6, 6.07) is 7.15. The van der Waals surface area contributed by atoms with E-state index in [-0.39, 0.29) is 5.91 Å². The Bertz CT molecular complexity index is 500. The molecule has 1 aromatic rings. The van der Waals surface area contributed by atoms with Crippen LogP contribution in [0.15, 0.2) is 24.3 Å². The summed E-state index contributed by atoms with van der Waals surface area (Å²) in [5.74, 6) is -1.39. The lowest BCUT2D eigenvalue weighted by molar-refractivity contribution is -0.151. The number of carbonyl (C=O) groups is 2. The van der Waals surface area contributed by atoms with Gasteiger partial charge in [-0.15, -0.1) is 0 Å². The van der Waals surface area contributed by atoms with Gasteiger partial charge in [-0.2, -0.15) is 0 Å². The Morgan fingerprint density at radius 3 is 2.70 bits per heavy atom. The van der Waals surface area contributed by atoms with E-state index in [9.17, 15) is 9.59 Å². The largest absolute Gasteiger partial charge is 0.494 e. The first kappa shape index (κ1) is 14.4. The number of amides is 1. The van der Waals surface area contributed by atoms with E-state index in [0.717, 1.165) is 6.42 Å². The van der Waals surface area contributed by atoms with Crippen LogP contribution in [-0.2, 0) is 9.59 Å². The van der Waals surface area contributed by atoms with Crippen molar-refractivity contribution in [2.75, 3.05) is 11.9 Å². The lowest BCUT2D eigenvalue weighted by atomic mass is 9.73. The van der Waals surface area contributed by atoms with Crippen molar-refractivity contribution in [1.29, 1.82) is 0 Å². The monoisotopic (exact) mass is 277 g/mol. The summed E-state index contributed by atoms with van der Waals surface area (Å²) in [7, 11) is 0. The Balaban J connectivity index is 1.96. The number of carboxylic acid groups (broad SMARTS) is 1. The summed E-state index contributed by atoms with van der Waals surface area (Å²) < 4.78 is 5.49. The van der Waals surface area contributed by atoms with Crippen LogP contribution in [0.1, 0.15) is 26.2 Å². The van der Waals surface area contributed by atoms with Gasteiger partial charge in [0.1, 0.15) is 5.75 Å². The molecule has 2 atom stereocenters. The summed E-state index contributed by atoms with van der Waals surface area (Å²) in [4.78, 5) is 22.9. The zero-order valence-corrected chi connectivity index (χ0v) is 11.5. The molecule has 108 valence electrons. The fourth-order valence-electron chi connectivity index (χ4n) is 2.23. The molecule has 2 unspecified atom stereocenters. The second-order valence-electron chi connectivity index (χ2n) is 4.99. The maximum Gasteiger partial charge on any atom is 0.307 e. The van der Waals surface area contributed by atoms with Crippen molar-refractivity contribution in [2.45, 2.75) is 26.2 Å². The van der Waals surface area contributed by atoms with E-state index in [1.54, 1.807) is 18.2 Å². The highest BCUT2D eigenvalue weighted by molar-refractivity contribution is 5.96. The van der Waals surface area contributed by atoms with E-state index < -0.39 is 17.8 Å². The van der Waals surface area contributed by atoms with E-state index in [1.165, 1.54) is 0 Å². The molecule has 1 aromatic carbocycles. The van der Waals surface area contributed by atoms with Crippen molar-refractivity contribution in [3.8, 4) is 5.75 Å². The number of carbonyl (C=O) groups excluding carboxylic acids is 1. The standard InChI is InChI=1S/C15H19NO4/c1-2-8-20-11-5-3-4-10(9-11)16-14(17)12-6-7-13(12)15(18)19/h3-5,9,12-13H,2,6-8H2,1H3,(H,16,17)(H,18,19). The van der Waals surface area contributed by atoms with E-state index in [2.05, 4.69) is 5.32 Å². The van der Waals surface area contributed by atoms with E-state index in [1.807, 2.05) is 13.0 Å². The smallest absolute Gasteiger partial charge is 0.307 e. The molecule has 0 aromatic heterocycles. The minimum absolute atomic E-state index is 0.226. The predicted molar refractivity (Wildman–Crippen MR) is 74.7 cm³/mol. The molecule has 0 aliphatic heterocycles. The molecule has 1 aliphatic carbocycles. The minimum atomic E-state index is -0.892. The SMILES string of the molecule is CCCOc1cccc(NC(=O)C2CCC2C(=O)O)c1. The molecule has 0 saturated heterocycles. The highest BCUT2D eigenvalue weighted by Gasteiger charge is 2.41. The Labute approximate surface area is 117 Å². The predicted octanol–water partition coefficient (Wildman–Crippen LogP) is 2.52. The van der Waals surface area contributed by atoms with Crippen LogP contribution in [0.2, 0.25) is 0 Å². The highest BCUT2D eigenvalue weighted by atomic mass is 16.5. The van der Waals surface area contributed by atoms with Crippen LogP contribution >= 0.6 is 0 Å². The molecule has 1 amide bonds. The summed E-state index contributed by atoms with van der Waals surface area (Å²) in [5.41, 5.74) is 0.639. The van der Waals surface area contributed by atoms with E-state index in [0.29, 0.717) is 30.9 Å². The molecule has 0 radical (unpaired) electrons. The molecule has 2 rings (SSSR count). The quantitative estimate of drug-likeness (QED) is 0.837. The molecule has 5 heteroatoms. The van der Waals surface area contributed by atoms with Crippen LogP contribution in [0.3, 0.4) is 0 Å². The van der Waals surface area contributed by atoms with Crippen LogP contribution in [0, 0.1) is 11.8 Å². The van der Waals surface area contributed by atoms with E-state index >= 15 is 0 Å². The number of hydrogen-bond donors (Lipinski definition) is 2. The maximum absolute atomic E-state index is 12.0. The molecule has 1 fully saturated rings. The maximum atomic E-state index is 12.0. The van der Waals surface area contributed by atoms with Crippen LogP contribution in [0.25, 0.3) is 0 Å². The third-order valence-electron chi connectivity index (χ3n) is 3.50. The number of anilines is 1. The number of aliphatic carboxylic acids is 1. The molecule has 0 heterocycles. The lowest BCUT2D eigenvalue weighted by Crippen LogP contribution is -2.41. The van der Waals surface area contributed by atoms with Crippen molar-refractivity contribution >= 4 is 17.6 Å². The van der Waals surface area contributed by atoms with Crippen molar-refractivity contribution in [2.24, 2.45) is 11.8 Å². The van der Waals surface area contributed by atoms with Crippen LogP contribution < -0.4 is 10.1 Å². The highest BCUT2D eigenvalue weighted by Crippen LogP contribution is 2.35. The van der Waals surface area contributed by atoms with Crippen LogP contribution in [-0.4, -0.2) is 23.6 Å². The average Bonchev–Trinajstić information content (AvgIpc) is 2.34. The first-order chi connectivity index (χ1) is 9.61. The Morgan fingerprint density at radius 2 is 2.10 bits per heavy atom. The van der Waals surface area contributed by atoms with Gasteiger partial charge in [0, 0.05) is 11.8 Å². The van der Waals surface area contributed by atoms with Gasteiger partial charge in [-0.05, 0) is 31.4 Å². The van der Waals surface area contributed by atoms with Gasteiger partial charge < -0.3 is 15.2 Å². The minimum Gasteiger partial charge on any atom is -0.494 e. The van der Waals surface area contributed by atoms with Gasteiger partial charge in [0.05, 0.1) is 18.4 Å². The molecule has 2 N–H and O–H groups in total. The van der Waals surface area contributed by atoms with Gasteiger partial charge in [0.25, 0.3) is 0 Å². The fraction of sp³-hybridized carbons (Fsp3) is 0.467. The number of ether oxygens (including phenoxy) is 1. The van der Waals surface area contributed by atoms with Crippen molar-refractivity contribution in [1.82, 2.24) is 0 Å². The van der Waals surface area contributed by atoms with E-state index in [4.69, 9.17) is 9.84 Å². The van der Waals surface area contributed by atoms with Crippen molar-refractivity contribution in [3.05, 3.63) is 24.3 Å². The topological polar surface area (TPSA) is 75.6 Å². The first-order valence-electron chi connectivity index (χ1n) is 6.88. The van der Waals surface area contributed by atoms with Crippen molar-refractivity contribution in [3.63, 3.8) is 0 Å². The molecule has 20 heavy (non-hydrogen) atoms. The molecular formula is C15H19NO4. The number of benzene rings is 1. The Morgan fingerprint density at radius 1 is 1.35 bits per heavy atom. The Kier molecular flexibility index (Phi) is 4.61. The summed E-state index contributed by atoms with van der Waals surface area (Å²) in [6.45, 7) is 2.65. The summed E-state index contributed by atoms with van der Waals surface area (Å²) in [6.07, 6.45) is 2.13. The summed E-state index contributed by atoms with van der Waals surface area (Å²) >= 11 is 0. The summed E-state index contributed by atoms with van der Waals surface area (Å²) in [5, 5.41) is 11.7. The molecule has 1 saturated carbocycles. The third kappa shape index (κ3) is 3.29. The van der Waals surface area contributed by atoms with Gasteiger partial charge in [0.15, 0.2) is 0 Å². The molecule has 5 nitrogen and oxygen atoms in total. The van der Waals surface area contributed by atoms with Crippen molar-refractivity contribution < 1.29 is 19.4 Å². The normalized spacial score (nSPS) is 20.9. The molecule has 0 spiro atoms. The molecular weight excluding hydrogens is 258 g/mol. The molecule has 1 aliphatic rings. The van der Waals surface area contributed by atoms with Crippen LogP contribution in [0.4, 0.5) is 5.69 Å². The third-order valence-corrected chi connectivity index (χ3v) is 3.50. The molecule has 0 bridgehead atoms. The zero-order chi connectivity index (χ0) is 14.5. The van der Waals surface area contributed by atoms with Gasteiger partial charge in [0.2, 0.25) is 5.91 Å². The number of carboxylic acids is 1. The first-order valence-corrected chi connectivity index (χ1v) is 6.88. The zero-order valence-electron chi connectivity index (χ0n) is 11.5. The van der Waals surface area contributed by atoms with Crippen LogP contribution in [0.5, 0.6) is 5.75 Å². The average molecular weight is 277 g/mol. The number of rotatable bonds is 6. The van der Waals surface area contributed by atoms with Gasteiger partial charge in [-0.1, -0.05) is 13.0 Å². The fourth-order valence-corrected chi connectivity index (χ4v) is 2.23. The second kappa shape index (κ2) is 6.41. The number of hydrogen-bond acceptors (Lipinski definition) is 3. The Hall–Kier alpha value is -2.04. The van der Waals surface area contributed by atoms with Gasteiger partial charge >= 0.3 is 5.97 Å². The lowest BCUT2D eigenvalue weighted by Gasteiger charge is -2.31. The van der Waals surface area contributed by atoms with Gasteiger partial charge in [-0.25, -0.2) is 0 Å². The second-order valence-corrected chi connectivity index (χ2v) is 4.99. The van der Waals surface area contributed by atoms with Gasteiger partial charge in [-0.3, -0.25) is 9.59 Å². The number of nitrogens with one attached hydrogen (secondary N) is 1.